The molecule has 0 aliphatic heterocycles. The van der Waals surface area contributed by atoms with E-state index in [0.29, 0.717) is 18.8 Å². The molecule has 0 bridgehead atoms. The summed E-state index contributed by atoms with van der Waals surface area (Å²) in [7, 11) is 0. The molecule has 3 N–H and O–H groups in total. The monoisotopic (exact) mass is 380 g/mol. The van der Waals surface area contributed by atoms with Crippen LogP contribution in [0.2, 0.25) is 0 Å². The normalized spacial score (nSPS) is 11.9. The maximum atomic E-state index is 12.4. The fourth-order valence-electron chi connectivity index (χ4n) is 3.52. The van der Waals surface area contributed by atoms with Gasteiger partial charge in [-0.1, -0.05) is 48.5 Å². The average molecular weight is 381 g/mol. The molecular formula is C22H21ClN2O2. The molecular weight excluding hydrogens is 360 g/mol. The van der Waals surface area contributed by atoms with Crippen LogP contribution in [-0.2, 0) is 4.74 Å². The summed E-state index contributed by atoms with van der Waals surface area (Å²) in [6.45, 7) is 0.681. The number of fused-ring (bicyclic) bond motifs is 3. The highest BCUT2D eigenvalue weighted by Crippen LogP contribution is 2.44. The molecule has 5 heteroatoms. The molecule has 1 aliphatic rings. The van der Waals surface area contributed by atoms with E-state index in [1.165, 1.54) is 22.3 Å². The van der Waals surface area contributed by atoms with Crippen LogP contribution < -0.4 is 11.1 Å². The van der Waals surface area contributed by atoms with Crippen LogP contribution in [0.1, 0.15) is 27.4 Å². The molecule has 27 heavy (non-hydrogen) atoms. The van der Waals surface area contributed by atoms with Crippen molar-refractivity contribution in [2.45, 2.75) is 5.92 Å². The van der Waals surface area contributed by atoms with Crippen LogP contribution in [0.15, 0.2) is 72.8 Å². The summed E-state index contributed by atoms with van der Waals surface area (Å²) < 4.78 is 5.64. The molecule has 0 amide bonds. The third-order valence-corrected chi connectivity index (χ3v) is 4.77. The molecule has 0 radical (unpaired) electrons. The zero-order valence-electron chi connectivity index (χ0n) is 14.7. The van der Waals surface area contributed by atoms with Crippen molar-refractivity contribution in [2.75, 3.05) is 18.6 Å². The second-order valence-corrected chi connectivity index (χ2v) is 6.28. The molecule has 3 aromatic carbocycles. The van der Waals surface area contributed by atoms with Gasteiger partial charge in [0.05, 0.1) is 12.2 Å². The molecule has 0 aromatic heterocycles. The van der Waals surface area contributed by atoms with Gasteiger partial charge in [-0.25, -0.2) is 4.79 Å². The lowest BCUT2D eigenvalue weighted by molar-refractivity contribution is 0.0493. The van der Waals surface area contributed by atoms with Gasteiger partial charge in [-0.15, -0.1) is 12.4 Å². The topological polar surface area (TPSA) is 64.3 Å². The Labute approximate surface area is 164 Å². The number of anilines is 1. The molecule has 0 atom stereocenters. The first-order valence-electron chi connectivity index (χ1n) is 8.67. The third-order valence-electron chi connectivity index (χ3n) is 4.77. The van der Waals surface area contributed by atoms with E-state index in [1.54, 1.807) is 12.1 Å². The van der Waals surface area contributed by atoms with Crippen molar-refractivity contribution in [2.24, 2.45) is 5.73 Å². The molecule has 0 heterocycles. The third kappa shape index (κ3) is 3.68. The molecule has 4 rings (SSSR count). The SMILES string of the molecule is Cl.NCNc1ccc(C(=O)OCC2c3ccccc3-c3ccccc32)cc1. The van der Waals surface area contributed by atoms with Crippen molar-refractivity contribution in [3.05, 3.63) is 89.5 Å². The highest BCUT2D eigenvalue weighted by Gasteiger charge is 2.29. The number of nitrogens with two attached hydrogens (primary N) is 1. The molecule has 0 saturated carbocycles. The van der Waals surface area contributed by atoms with Crippen LogP contribution in [0.4, 0.5) is 5.69 Å². The van der Waals surface area contributed by atoms with Gasteiger partial charge in [0, 0.05) is 11.6 Å². The van der Waals surface area contributed by atoms with Crippen molar-refractivity contribution in [1.82, 2.24) is 0 Å². The van der Waals surface area contributed by atoms with Gasteiger partial charge in [0.15, 0.2) is 0 Å². The van der Waals surface area contributed by atoms with E-state index in [-0.39, 0.29) is 24.3 Å². The molecule has 3 aromatic rings. The molecule has 0 saturated heterocycles. The van der Waals surface area contributed by atoms with Crippen molar-refractivity contribution in [3.63, 3.8) is 0 Å². The number of halogens is 1. The number of hydrogen-bond donors (Lipinski definition) is 2. The van der Waals surface area contributed by atoms with Crippen molar-refractivity contribution in [1.29, 1.82) is 0 Å². The van der Waals surface area contributed by atoms with E-state index in [1.807, 2.05) is 36.4 Å². The van der Waals surface area contributed by atoms with Crippen LogP contribution in [0.5, 0.6) is 0 Å². The molecule has 0 fully saturated rings. The Hall–Kier alpha value is -2.82. The van der Waals surface area contributed by atoms with E-state index in [4.69, 9.17) is 10.5 Å². The Morgan fingerprint density at radius 2 is 1.44 bits per heavy atom. The first-order valence-corrected chi connectivity index (χ1v) is 8.67. The highest BCUT2D eigenvalue weighted by atomic mass is 35.5. The van der Waals surface area contributed by atoms with Crippen LogP contribution >= 0.6 is 12.4 Å². The van der Waals surface area contributed by atoms with Crippen LogP contribution in [0.25, 0.3) is 11.1 Å². The summed E-state index contributed by atoms with van der Waals surface area (Å²) in [5.41, 5.74) is 11.7. The Kier molecular flexibility index (Phi) is 5.79. The summed E-state index contributed by atoms with van der Waals surface area (Å²) in [5, 5.41) is 3.00. The van der Waals surface area contributed by atoms with Gasteiger partial charge in [0.1, 0.15) is 6.61 Å². The summed E-state index contributed by atoms with van der Waals surface area (Å²) in [6, 6.07) is 23.8. The van der Waals surface area contributed by atoms with E-state index in [9.17, 15) is 4.79 Å². The number of nitrogens with one attached hydrogen (secondary N) is 1. The standard InChI is InChI=1S/C22H20N2O2.ClH/c23-14-24-16-11-9-15(10-12-16)22(25)26-13-21-19-7-3-1-5-17(19)18-6-2-4-8-20(18)21;/h1-12,21,24H,13-14,23H2;1H. The first kappa shape index (κ1) is 19.0. The van der Waals surface area contributed by atoms with Gasteiger partial charge in [0.25, 0.3) is 0 Å². The Morgan fingerprint density at radius 1 is 0.889 bits per heavy atom. The molecule has 4 nitrogen and oxygen atoms in total. The lowest BCUT2D eigenvalue weighted by Crippen LogP contribution is -2.13. The summed E-state index contributed by atoms with van der Waals surface area (Å²) >= 11 is 0. The van der Waals surface area contributed by atoms with Gasteiger partial charge in [-0.2, -0.15) is 0 Å². The second-order valence-electron chi connectivity index (χ2n) is 6.28. The first-order chi connectivity index (χ1) is 12.8. The van der Waals surface area contributed by atoms with Crippen LogP contribution in [0.3, 0.4) is 0 Å². The number of carbonyl (C=O) groups excluding carboxylic acids is 1. The molecule has 138 valence electrons. The smallest absolute Gasteiger partial charge is 0.338 e. The fraction of sp³-hybridized carbons (Fsp3) is 0.136. The number of carbonyl (C=O) groups is 1. The lowest BCUT2D eigenvalue weighted by Gasteiger charge is -2.14. The Morgan fingerprint density at radius 3 is 2.00 bits per heavy atom. The largest absolute Gasteiger partial charge is 0.461 e. The molecule has 1 aliphatic carbocycles. The van der Waals surface area contributed by atoms with Crippen molar-refractivity contribution in [3.8, 4) is 11.1 Å². The number of esters is 1. The maximum Gasteiger partial charge on any atom is 0.338 e. The number of ether oxygens (including phenoxy) is 1. The van der Waals surface area contributed by atoms with Crippen molar-refractivity contribution < 1.29 is 9.53 Å². The van der Waals surface area contributed by atoms with Gasteiger partial charge in [-0.05, 0) is 46.5 Å². The zero-order chi connectivity index (χ0) is 17.9. The minimum absolute atomic E-state index is 0. The Balaban J connectivity index is 0.00000210. The van der Waals surface area contributed by atoms with Crippen LogP contribution in [-0.4, -0.2) is 19.2 Å². The predicted molar refractivity (Wildman–Crippen MR) is 110 cm³/mol. The minimum atomic E-state index is -0.314. The highest BCUT2D eigenvalue weighted by molar-refractivity contribution is 5.90. The lowest BCUT2D eigenvalue weighted by atomic mass is 9.98. The summed E-state index contributed by atoms with van der Waals surface area (Å²) in [6.07, 6.45) is 0. The van der Waals surface area contributed by atoms with E-state index in [2.05, 4.69) is 29.6 Å². The molecule has 0 unspecified atom stereocenters. The van der Waals surface area contributed by atoms with E-state index < -0.39 is 0 Å². The Bertz CT molecular complexity index is 896. The van der Waals surface area contributed by atoms with Gasteiger partial charge in [-0.3, -0.25) is 0 Å². The zero-order valence-corrected chi connectivity index (χ0v) is 15.5. The fourth-order valence-corrected chi connectivity index (χ4v) is 3.52. The van der Waals surface area contributed by atoms with Gasteiger partial charge >= 0.3 is 5.97 Å². The van der Waals surface area contributed by atoms with Crippen molar-refractivity contribution >= 4 is 24.1 Å². The van der Waals surface area contributed by atoms with Gasteiger partial charge in [0.2, 0.25) is 0 Å². The van der Waals surface area contributed by atoms with E-state index >= 15 is 0 Å². The molecule has 0 spiro atoms. The number of benzene rings is 3. The summed E-state index contributed by atoms with van der Waals surface area (Å²) in [4.78, 5) is 12.4. The summed E-state index contributed by atoms with van der Waals surface area (Å²) in [5.74, 6) is -0.240. The second kappa shape index (κ2) is 8.25. The predicted octanol–water partition coefficient (Wildman–Crippen LogP) is 4.41. The van der Waals surface area contributed by atoms with Gasteiger partial charge < -0.3 is 15.8 Å². The minimum Gasteiger partial charge on any atom is -0.461 e. The van der Waals surface area contributed by atoms with Crippen LogP contribution in [0, 0.1) is 0 Å². The maximum absolute atomic E-state index is 12.4. The number of hydrogen-bond acceptors (Lipinski definition) is 4. The quantitative estimate of drug-likeness (QED) is 0.508. The average Bonchev–Trinajstić information content (AvgIpc) is 3.01. The number of rotatable bonds is 5. The van der Waals surface area contributed by atoms with E-state index in [0.717, 1.165) is 5.69 Å².